The lowest BCUT2D eigenvalue weighted by atomic mass is 9.74. The van der Waals surface area contributed by atoms with Gasteiger partial charge < -0.3 is 9.31 Å². The van der Waals surface area contributed by atoms with Crippen LogP contribution < -0.4 is 5.46 Å². The highest BCUT2D eigenvalue weighted by Crippen LogP contribution is 2.37. The van der Waals surface area contributed by atoms with Crippen LogP contribution in [-0.4, -0.2) is 18.3 Å². The van der Waals surface area contributed by atoms with E-state index < -0.39 is 0 Å². The highest BCUT2D eigenvalue weighted by atomic mass is 16.7. The highest BCUT2D eigenvalue weighted by Gasteiger charge is 2.52. The van der Waals surface area contributed by atoms with Crippen LogP contribution in [-0.2, 0) is 14.7 Å². The van der Waals surface area contributed by atoms with Crippen molar-refractivity contribution in [2.45, 2.75) is 92.8 Å². The molecule has 2 nitrogen and oxygen atoms in total. The molecule has 1 heterocycles. The van der Waals surface area contributed by atoms with Crippen LogP contribution in [0.1, 0.15) is 79.0 Å². The van der Waals surface area contributed by atoms with Gasteiger partial charge in [-0.25, -0.2) is 0 Å². The van der Waals surface area contributed by atoms with Crippen molar-refractivity contribution in [1.29, 1.82) is 0 Å². The zero-order chi connectivity index (χ0) is 22.2. The Hall–Kier alpha value is -1.58. The predicted octanol–water partition coefficient (Wildman–Crippen LogP) is 6.59. The maximum atomic E-state index is 6.29. The summed E-state index contributed by atoms with van der Waals surface area (Å²) in [4.78, 5) is 0. The Labute approximate surface area is 179 Å². The number of benzene rings is 2. The van der Waals surface area contributed by atoms with E-state index >= 15 is 0 Å². The largest absolute Gasteiger partial charge is 0.495 e. The van der Waals surface area contributed by atoms with E-state index in [0.717, 1.165) is 5.46 Å². The molecule has 0 saturated carbocycles. The summed E-state index contributed by atoms with van der Waals surface area (Å²) < 4.78 is 12.6. The molecule has 1 saturated heterocycles. The van der Waals surface area contributed by atoms with Gasteiger partial charge in [-0.2, -0.15) is 0 Å². The molecule has 1 fully saturated rings. The molecule has 0 radical (unpaired) electrons. The Bertz CT molecular complexity index is 843. The Morgan fingerprint density at radius 1 is 0.793 bits per heavy atom. The van der Waals surface area contributed by atoms with Gasteiger partial charge in [0, 0.05) is 0 Å². The zero-order valence-electron chi connectivity index (χ0n) is 20.4. The molecule has 1 aliphatic rings. The molecular weight excluding hydrogens is 355 g/mol. The SMILES string of the molecule is CC.Cc1cc(C(C)(C)C)ccc1-c1cccc(B2OC(C)(C)C(C)(C)O2)c1C. The van der Waals surface area contributed by atoms with E-state index in [1.807, 2.05) is 13.8 Å². The van der Waals surface area contributed by atoms with Gasteiger partial charge in [0.1, 0.15) is 0 Å². The quantitative estimate of drug-likeness (QED) is 0.535. The van der Waals surface area contributed by atoms with Gasteiger partial charge in [-0.1, -0.05) is 71.0 Å². The molecule has 3 rings (SSSR count). The van der Waals surface area contributed by atoms with Gasteiger partial charge in [-0.05, 0) is 80.2 Å². The third-order valence-electron chi connectivity index (χ3n) is 6.27. The van der Waals surface area contributed by atoms with Crippen molar-refractivity contribution in [2.24, 2.45) is 0 Å². The van der Waals surface area contributed by atoms with Crippen LogP contribution in [0, 0.1) is 13.8 Å². The topological polar surface area (TPSA) is 18.5 Å². The molecule has 0 unspecified atom stereocenters. The summed E-state index contributed by atoms with van der Waals surface area (Å²) in [5, 5.41) is 0. The number of hydrogen-bond donors (Lipinski definition) is 0. The molecule has 0 atom stereocenters. The summed E-state index contributed by atoms with van der Waals surface area (Å²) >= 11 is 0. The summed E-state index contributed by atoms with van der Waals surface area (Å²) in [7, 11) is -0.330. The minimum Gasteiger partial charge on any atom is -0.399 e. The van der Waals surface area contributed by atoms with Crippen molar-refractivity contribution in [3.8, 4) is 11.1 Å². The average Bonchev–Trinajstić information content (AvgIpc) is 2.84. The molecule has 0 spiro atoms. The van der Waals surface area contributed by atoms with E-state index in [2.05, 4.69) is 98.7 Å². The lowest BCUT2D eigenvalue weighted by Crippen LogP contribution is -2.41. The first-order chi connectivity index (χ1) is 13.3. The maximum Gasteiger partial charge on any atom is 0.495 e. The highest BCUT2D eigenvalue weighted by molar-refractivity contribution is 6.62. The third-order valence-corrected chi connectivity index (χ3v) is 6.27. The van der Waals surface area contributed by atoms with Crippen LogP contribution in [0.2, 0.25) is 0 Å². The molecule has 0 aliphatic carbocycles. The van der Waals surface area contributed by atoms with Crippen molar-refractivity contribution in [3.05, 3.63) is 53.1 Å². The molecule has 0 aromatic heterocycles. The molecule has 0 amide bonds. The van der Waals surface area contributed by atoms with E-state index in [4.69, 9.17) is 9.31 Å². The molecule has 158 valence electrons. The molecule has 2 aromatic carbocycles. The predicted molar refractivity (Wildman–Crippen MR) is 127 cm³/mol. The Morgan fingerprint density at radius 3 is 1.83 bits per heavy atom. The molecular formula is C26H39BO2. The van der Waals surface area contributed by atoms with Crippen molar-refractivity contribution in [3.63, 3.8) is 0 Å². The average molecular weight is 394 g/mol. The van der Waals surface area contributed by atoms with Gasteiger partial charge in [0.05, 0.1) is 11.2 Å². The van der Waals surface area contributed by atoms with Crippen molar-refractivity contribution < 1.29 is 9.31 Å². The summed E-state index contributed by atoms with van der Waals surface area (Å²) in [6.45, 7) is 23.5. The van der Waals surface area contributed by atoms with E-state index in [-0.39, 0.29) is 23.7 Å². The van der Waals surface area contributed by atoms with Gasteiger partial charge in [0.2, 0.25) is 0 Å². The molecule has 0 N–H and O–H groups in total. The van der Waals surface area contributed by atoms with Gasteiger partial charge in [0.15, 0.2) is 0 Å². The van der Waals surface area contributed by atoms with Gasteiger partial charge >= 0.3 is 7.12 Å². The third kappa shape index (κ3) is 4.62. The van der Waals surface area contributed by atoms with Crippen LogP contribution >= 0.6 is 0 Å². The zero-order valence-corrected chi connectivity index (χ0v) is 20.4. The van der Waals surface area contributed by atoms with Gasteiger partial charge in [0.25, 0.3) is 0 Å². The van der Waals surface area contributed by atoms with Crippen LogP contribution in [0.3, 0.4) is 0 Å². The standard InChI is InChI=1S/C24H33BO2.C2H6/c1-16-15-18(22(3,4)5)13-14-19(16)20-11-10-12-21(17(20)2)25-26-23(6,7)24(8,9)27-25;1-2/h10-15H,1-9H3;1-2H3. The van der Waals surface area contributed by atoms with Crippen molar-refractivity contribution in [2.75, 3.05) is 0 Å². The maximum absolute atomic E-state index is 6.29. The monoisotopic (exact) mass is 394 g/mol. The second kappa shape index (κ2) is 8.28. The van der Waals surface area contributed by atoms with Crippen LogP contribution in [0.5, 0.6) is 0 Å². The van der Waals surface area contributed by atoms with E-state index in [0.29, 0.717) is 0 Å². The van der Waals surface area contributed by atoms with Crippen LogP contribution in [0.25, 0.3) is 11.1 Å². The molecule has 1 aliphatic heterocycles. The van der Waals surface area contributed by atoms with E-state index in [1.165, 1.54) is 27.8 Å². The van der Waals surface area contributed by atoms with Gasteiger partial charge in [-0.3, -0.25) is 0 Å². The molecule has 29 heavy (non-hydrogen) atoms. The summed E-state index contributed by atoms with van der Waals surface area (Å²) in [6, 6.07) is 13.3. The first-order valence-electron chi connectivity index (χ1n) is 10.9. The van der Waals surface area contributed by atoms with Crippen LogP contribution in [0.4, 0.5) is 0 Å². The lowest BCUT2D eigenvalue weighted by Gasteiger charge is -2.32. The fraction of sp³-hybridized carbons (Fsp3) is 0.538. The Morgan fingerprint density at radius 2 is 1.34 bits per heavy atom. The molecule has 0 bridgehead atoms. The van der Waals surface area contributed by atoms with Gasteiger partial charge in [-0.15, -0.1) is 0 Å². The Balaban J connectivity index is 0.00000145. The Kier molecular flexibility index (Phi) is 6.77. The lowest BCUT2D eigenvalue weighted by molar-refractivity contribution is 0.00578. The summed E-state index contributed by atoms with van der Waals surface area (Å²) in [6.07, 6.45) is 0. The second-order valence-corrected chi connectivity index (χ2v) is 9.89. The molecule has 3 heteroatoms. The van der Waals surface area contributed by atoms with Crippen molar-refractivity contribution in [1.82, 2.24) is 0 Å². The van der Waals surface area contributed by atoms with E-state index in [9.17, 15) is 0 Å². The fourth-order valence-corrected chi connectivity index (χ4v) is 3.60. The summed E-state index contributed by atoms with van der Waals surface area (Å²) in [5.74, 6) is 0. The van der Waals surface area contributed by atoms with Crippen molar-refractivity contribution >= 4 is 12.6 Å². The van der Waals surface area contributed by atoms with E-state index in [1.54, 1.807) is 0 Å². The normalized spacial score (nSPS) is 17.7. The second-order valence-electron chi connectivity index (χ2n) is 9.89. The number of rotatable bonds is 2. The minimum absolute atomic E-state index is 0.156. The number of aryl methyl sites for hydroxylation is 1. The smallest absolute Gasteiger partial charge is 0.399 e. The number of hydrogen-bond acceptors (Lipinski definition) is 2. The summed E-state index contributed by atoms with van der Waals surface area (Å²) in [5.41, 5.74) is 7.03. The first kappa shape index (κ1) is 23.7. The first-order valence-corrected chi connectivity index (χ1v) is 10.9. The molecule has 2 aromatic rings. The van der Waals surface area contributed by atoms with Crippen LogP contribution in [0.15, 0.2) is 36.4 Å². The minimum atomic E-state index is -0.330. The fourth-order valence-electron chi connectivity index (χ4n) is 3.60.